The molecule has 0 saturated carbocycles. The lowest BCUT2D eigenvalue weighted by Gasteiger charge is -2.17. The van der Waals surface area contributed by atoms with E-state index < -0.39 is 42.3 Å². The molecule has 0 N–H and O–H groups in total. The summed E-state index contributed by atoms with van der Waals surface area (Å²) in [6.07, 6.45) is -2.21. The predicted octanol–water partition coefficient (Wildman–Crippen LogP) is 2.47. The molecule has 8 nitrogen and oxygen atoms in total. The standard InChI is InChI=1S/C23H22O8/c1-13-3-5-15(6-4-13)22(25)30-18-11-27-21-19(12-28-20(18)21)31-23(26)16-7-9-17(10-8-16)29-14(2)24/h3-10,18-21H,11-12H2,1-2H3/t18-,19+,20?,21?/m1/s1. The van der Waals surface area contributed by atoms with E-state index >= 15 is 0 Å². The Morgan fingerprint density at radius 1 is 0.774 bits per heavy atom. The number of ether oxygens (including phenoxy) is 5. The van der Waals surface area contributed by atoms with Crippen molar-refractivity contribution in [3.8, 4) is 5.75 Å². The highest BCUT2D eigenvalue weighted by Gasteiger charge is 2.51. The molecular formula is C23H22O8. The number of rotatable bonds is 5. The van der Waals surface area contributed by atoms with Crippen LogP contribution < -0.4 is 4.74 Å². The minimum absolute atomic E-state index is 0.144. The van der Waals surface area contributed by atoms with E-state index in [1.807, 2.05) is 19.1 Å². The van der Waals surface area contributed by atoms with Gasteiger partial charge in [-0.15, -0.1) is 0 Å². The predicted molar refractivity (Wildman–Crippen MR) is 107 cm³/mol. The Hall–Kier alpha value is -3.23. The van der Waals surface area contributed by atoms with Gasteiger partial charge in [-0.3, -0.25) is 4.79 Å². The van der Waals surface area contributed by atoms with Crippen LogP contribution in [0.3, 0.4) is 0 Å². The van der Waals surface area contributed by atoms with Crippen molar-refractivity contribution in [3.05, 3.63) is 65.2 Å². The van der Waals surface area contributed by atoms with E-state index in [-0.39, 0.29) is 13.2 Å². The van der Waals surface area contributed by atoms with Crippen LogP contribution in [0.25, 0.3) is 0 Å². The van der Waals surface area contributed by atoms with Gasteiger partial charge in [0.05, 0.1) is 24.3 Å². The van der Waals surface area contributed by atoms with Gasteiger partial charge >= 0.3 is 17.9 Å². The Balaban J connectivity index is 1.33. The third-order valence-corrected chi connectivity index (χ3v) is 5.12. The normalized spacial score (nSPS) is 24.3. The van der Waals surface area contributed by atoms with E-state index in [0.29, 0.717) is 16.9 Å². The molecule has 0 radical (unpaired) electrons. The summed E-state index contributed by atoms with van der Waals surface area (Å²) in [7, 11) is 0. The molecule has 162 valence electrons. The molecule has 2 aromatic carbocycles. The van der Waals surface area contributed by atoms with Gasteiger partial charge in [0.15, 0.2) is 12.2 Å². The number of hydrogen-bond acceptors (Lipinski definition) is 8. The highest BCUT2D eigenvalue weighted by Crippen LogP contribution is 2.31. The molecule has 2 aliphatic rings. The summed E-state index contributed by atoms with van der Waals surface area (Å²) in [5, 5.41) is 0. The lowest BCUT2D eigenvalue weighted by Crippen LogP contribution is -2.36. The van der Waals surface area contributed by atoms with Crippen molar-refractivity contribution in [2.45, 2.75) is 38.3 Å². The molecular weight excluding hydrogens is 404 g/mol. The second-order valence-corrected chi connectivity index (χ2v) is 7.47. The van der Waals surface area contributed by atoms with Crippen molar-refractivity contribution in [1.82, 2.24) is 0 Å². The second-order valence-electron chi connectivity index (χ2n) is 7.47. The number of fused-ring (bicyclic) bond motifs is 1. The molecule has 2 saturated heterocycles. The fraction of sp³-hybridized carbons (Fsp3) is 0.348. The van der Waals surface area contributed by atoms with E-state index in [2.05, 4.69) is 0 Å². The van der Waals surface area contributed by atoms with Gasteiger partial charge in [0.2, 0.25) is 0 Å². The topological polar surface area (TPSA) is 97.4 Å². The molecule has 4 atom stereocenters. The van der Waals surface area contributed by atoms with Gasteiger partial charge in [-0.2, -0.15) is 0 Å². The fourth-order valence-corrected chi connectivity index (χ4v) is 3.56. The van der Waals surface area contributed by atoms with Gasteiger partial charge in [-0.05, 0) is 43.3 Å². The minimum atomic E-state index is -0.617. The van der Waals surface area contributed by atoms with E-state index in [4.69, 9.17) is 23.7 Å². The van der Waals surface area contributed by atoms with Crippen LogP contribution in [0.1, 0.15) is 33.2 Å². The van der Waals surface area contributed by atoms with Crippen molar-refractivity contribution in [2.24, 2.45) is 0 Å². The summed E-state index contributed by atoms with van der Waals surface area (Å²) < 4.78 is 27.5. The van der Waals surface area contributed by atoms with Crippen LogP contribution in [-0.2, 0) is 23.7 Å². The first kappa shape index (κ1) is 21.0. The van der Waals surface area contributed by atoms with Crippen LogP contribution in [0.2, 0.25) is 0 Å². The second kappa shape index (κ2) is 8.87. The highest BCUT2D eigenvalue weighted by atomic mass is 16.7. The maximum atomic E-state index is 12.5. The third-order valence-electron chi connectivity index (χ3n) is 5.12. The summed E-state index contributed by atoms with van der Waals surface area (Å²) in [4.78, 5) is 35.8. The number of carbonyl (C=O) groups excluding carboxylic acids is 3. The number of carbonyl (C=O) groups is 3. The molecule has 2 heterocycles. The van der Waals surface area contributed by atoms with E-state index in [0.717, 1.165) is 5.56 Å². The summed E-state index contributed by atoms with van der Waals surface area (Å²) >= 11 is 0. The Morgan fingerprint density at radius 2 is 1.23 bits per heavy atom. The van der Waals surface area contributed by atoms with Gasteiger partial charge < -0.3 is 23.7 Å². The molecule has 4 rings (SSSR count). The first-order chi connectivity index (χ1) is 14.9. The Morgan fingerprint density at radius 3 is 1.68 bits per heavy atom. The summed E-state index contributed by atoms with van der Waals surface area (Å²) in [6, 6.07) is 13.1. The Bertz CT molecular complexity index is 966. The maximum Gasteiger partial charge on any atom is 0.338 e. The van der Waals surface area contributed by atoms with E-state index in [1.165, 1.54) is 31.2 Å². The van der Waals surface area contributed by atoms with E-state index in [9.17, 15) is 14.4 Å². The fourth-order valence-electron chi connectivity index (χ4n) is 3.56. The zero-order valence-corrected chi connectivity index (χ0v) is 17.1. The number of hydrogen-bond donors (Lipinski definition) is 0. The van der Waals surface area contributed by atoms with Crippen molar-refractivity contribution in [2.75, 3.05) is 13.2 Å². The Labute approximate surface area is 179 Å². The molecule has 0 bridgehead atoms. The maximum absolute atomic E-state index is 12.5. The van der Waals surface area contributed by atoms with Crippen LogP contribution in [-0.4, -0.2) is 55.5 Å². The molecule has 2 aliphatic heterocycles. The molecule has 8 heteroatoms. The SMILES string of the molecule is CC(=O)Oc1ccc(C(=O)O[C@H]2COC3C2OC[C@H]3OC(=O)c2ccc(C)cc2)cc1. The molecule has 0 aliphatic carbocycles. The van der Waals surface area contributed by atoms with Crippen molar-refractivity contribution >= 4 is 17.9 Å². The Kier molecular flexibility index (Phi) is 6.01. The molecule has 2 aromatic rings. The van der Waals surface area contributed by atoms with Crippen molar-refractivity contribution in [1.29, 1.82) is 0 Å². The van der Waals surface area contributed by atoms with Crippen LogP contribution >= 0.6 is 0 Å². The monoisotopic (exact) mass is 426 g/mol. The third kappa shape index (κ3) is 4.76. The zero-order valence-electron chi connectivity index (χ0n) is 17.1. The van der Waals surface area contributed by atoms with Crippen molar-refractivity contribution < 1.29 is 38.1 Å². The number of benzene rings is 2. The van der Waals surface area contributed by atoms with Gasteiger partial charge in [0, 0.05) is 6.92 Å². The smallest absolute Gasteiger partial charge is 0.338 e. The molecule has 31 heavy (non-hydrogen) atoms. The summed E-state index contributed by atoms with van der Waals surface area (Å²) in [6.45, 7) is 3.54. The van der Waals surface area contributed by atoms with Crippen LogP contribution in [0.15, 0.2) is 48.5 Å². The van der Waals surface area contributed by atoms with E-state index in [1.54, 1.807) is 12.1 Å². The number of aryl methyl sites for hydroxylation is 1. The van der Waals surface area contributed by atoms with Crippen LogP contribution in [0.5, 0.6) is 5.75 Å². The first-order valence-corrected chi connectivity index (χ1v) is 9.91. The van der Waals surface area contributed by atoms with Crippen LogP contribution in [0, 0.1) is 6.92 Å². The van der Waals surface area contributed by atoms with Gasteiger partial charge in [-0.25, -0.2) is 9.59 Å². The average Bonchev–Trinajstić information content (AvgIpc) is 3.32. The van der Waals surface area contributed by atoms with Gasteiger partial charge in [0.1, 0.15) is 18.0 Å². The lowest BCUT2D eigenvalue weighted by atomic mass is 10.1. The quantitative estimate of drug-likeness (QED) is 0.531. The van der Waals surface area contributed by atoms with Gasteiger partial charge in [-0.1, -0.05) is 17.7 Å². The highest BCUT2D eigenvalue weighted by molar-refractivity contribution is 5.90. The molecule has 0 amide bonds. The molecule has 0 aromatic heterocycles. The first-order valence-electron chi connectivity index (χ1n) is 9.91. The van der Waals surface area contributed by atoms with Crippen LogP contribution in [0.4, 0.5) is 0 Å². The number of esters is 3. The largest absolute Gasteiger partial charge is 0.453 e. The van der Waals surface area contributed by atoms with Gasteiger partial charge in [0.25, 0.3) is 0 Å². The average molecular weight is 426 g/mol. The molecule has 2 unspecified atom stereocenters. The molecule has 2 fully saturated rings. The zero-order chi connectivity index (χ0) is 22.0. The van der Waals surface area contributed by atoms with Crippen molar-refractivity contribution in [3.63, 3.8) is 0 Å². The summed E-state index contributed by atoms with van der Waals surface area (Å²) in [5.41, 5.74) is 1.80. The summed E-state index contributed by atoms with van der Waals surface area (Å²) in [5.74, 6) is -1.11. The lowest BCUT2D eigenvalue weighted by molar-refractivity contribution is -0.131. The minimum Gasteiger partial charge on any atom is -0.453 e. The molecule has 0 spiro atoms.